The topological polar surface area (TPSA) is 84.9 Å². The Balaban J connectivity index is 1.72. The molecule has 0 fully saturated rings. The van der Waals surface area contributed by atoms with E-state index >= 15 is 0 Å². The lowest BCUT2D eigenvalue weighted by Crippen LogP contribution is -2.51. The zero-order valence-electron chi connectivity index (χ0n) is 16.2. The summed E-state index contributed by atoms with van der Waals surface area (Å²) in [5.41, 5.74) is 0.341. The number of sulfonamides is 1. The largest absolute Gasteiger partial charge is 0.486 e. The van der Waals surface area contributed by atoms with E-state index < -0.39 is 22.0 Å². The number of nitrogens with zero attached hydrogens (tertiary/aromatic N) is 1. The van der Waals surface area contributed by atoms with E-state index in [1.54, 1.807) is 31.2 Å². The molecule has 0 radical (unpaired) electrons. The smallest absolute Gasteiger partial charge is 0.244 e. The summed E-state index contributed by atoms with van der Waals surface area (Å²) in [6, 6.07) is 12.8. The van der Waals surface area contributed by atoms with Crippen LogP contribution in [0.2, 0.25) is 5.02 Å². The van der Waals surface area contributed by atoms with Crippen molar-refractivity contribution in [2.45, 2.75) is 25.5 Å². The van der Waals surface area contributed by atoms with Crippen molar-refractivity contribution < 1.29 is 22.7 Å². The highest BCUT2D eigenvalue weighted by Gasteiger charge is 2.32. The Kier molecular flexibility index (Phi) is 6.54. The van der Waals surface area contributed by atoms with Gasteiger partial charge in [-0.1, -0.05) is 36.7 Å². The van der Waals surface area contributed by atoms with E-state index in [-0.39, 0.29) is 25.7 Å². The number of carbonyl (C=O) groups is 1. The molecule has 2 aromatic carbocycles. The van der Waals surface area contributed by atoms with Crippen LogP contribution >= 0.6 is 11.6 Å². The van der Waals surface area contributed by atoms with Crippen molar-refractivity contribution in [3.63, 3.8) is 0 Å². The third kappa shape index (κ3) is 5.13. The van der Waals surface area contributed by atoms with Gasteiger partial charge in [0.1, 0.15) is 18.8 Å². The second-order valence-corrected chi connectivity index (χ2v) is 9.00. The Bertz CT molecular complexity index is 982. The summed E-state index contributed by atoms with van der Waals surface area (Å²) in [6.45, 7) is 2.23. The fourth-order valence-electron chi connectivity index (χ4n) is 3.17. The van der Waals surface area contributed by atoms with Crippen LogP contribution in [0.15, 0.2) is 48.5 Å². The Morgan fingerprint density at radius 2 is 1.97 bits per heavy atom. The van der Waals surface area contributed by atoms with Crippen LogP contribution in [0.5, 0.6) is 11.5 Å². The van der Waals surface area contributed by atoms with Gasteiger partial charge in [-0.05, 0) is 36.8 Å². The fourth-order valence-corrected chi connectivity index (χ4v) is 4.56. The van der Waals surface area contributed by atoms with Gasteiger partial charge in [0, 0.05) is 5.02 Å². The molecule has 1 amide bonds. The highest BCUT2D eigenvalue weighted by atomic mass is 35.5. The number of rotatable bonds is 7. The number of amides is 1. The summed E-state index contributed by atoms with van der Waals surface area (Å²) in [7, 11) is -3.72. The Morgan fingerprint density at radius 3 is 2.62 bits per heavy atom. The molecule has 3 rings (SSSR count). The summed E-state index contributed by atoms with van der Waals surface area (Å²) < 4.78 is 37.5. The number of halogens is 1. The zero-order chi connectivity index (χ0) is 21.0. The second kappa shape index (κ2) is 8.92. The molecule has 0 saturated carbocycles. The number of nitrogens with one attached hydrogen (secondary N) is 1. The minimum absolute atomic E-state index is 0.191. The van der Waals surface area contributed by atoms with Gasteiger partial charge in [0.15, 0.2) is 11.5 Å². The molecular formula is C20H23ClN2O5S. The maximum Gasteiger partial charge on any atom is 0.244 e. The number of ether oxygens (including phenoxy) is 2. The fraction of sp³-hybridized carbons (Fsp3) is 0.350. The molecule has 29 heavy (non-hydrogen) atoms. The number of benzene rings is 2. The van der Waals surface area contributed by atoms with Crippen LogP contribution in [0.3, 0.4) is 0 Å². The number of carbonyl (C=O) groups excluding carboxylic acids is 1. The third-order valence-corrected chi connectivity index (χ3v) is 5.88. The number of fused-ring (bicyclic) bond motifs is 1. The van der Waals surface area contributed by atoms with Crippen molar-refractivity contribution in [2.24, 2.45) is 0 Å². The number of anilines is 1. The minimum atomic E-state index is -3.72. The van der Waals surface area contributed by atoms with E-state index in [0.717, 1.165) is 10.6 Å². The average molecular weight is 439 g/mol. The van der Waals surface area contributed by atoms with E-state index in [1.807, 2.05) is 18.2 Å². The van der Waals surface area contributed by atoms with Crippen LogP contribution in [0.4, 0.5) is 5.69 Å². The summed E-state index contributed by atoms with van der Waals surface area (Å²) in [4.78, 5) is 12.9. The molecule has 7 nitrogen and oxygen atoms in total. The Hall–Kier alpha value is -2.45. The molecule has 0 aromatic heterocycles. The van der Waals surface area contributed by atoms with Crippen molar-refractivity contribution in [3.05, 3.63) is 53.6 Å². The van der Waals surface area contributed by atoms with E-state index in [0.29, 0.717) is 22.2 Å². The van der Waals surface area contributed by atoms with Crippen molar-refractivity contribution in [1.82, 2.24) is 5.32 Å². The van der Waals surface area contributed by atoms with Gasteiger partial charge in [0.05, 0.1) is 18.5 Å². The monoisotopic (exact) mass is 438 g/mol. The third-order valence-electron chi connectivity index (χ3n) is 4.46. The van der Waals surface area contributed by atoms with E-state index in [9.17, 15) is 13.2 Å². The first-order valence-corrected chi connectivity index (χ1v) is 11.4. The van der Waals surface area contributed by atoms with Crippen LogP contribution < -0.4 is 19.1 Å². The second-order valence-electron chi connectivity index (χ2n) is 6.71. The first-order valence-electron chi connectivity index (χ1n) is 9.20. The van der Waals surface area contributed by atoms with E-state index in [4.69, 9.17) is 21.1 Å². The lowest BCUT2D eigenvalue weighted by molar-refractivity contribution is -0.122. The van der Waals surface area contributed by atoms with Gasteiger partial charge in [0.2, 0.25) is 15.9 Å². The molecule has 0 spiro atoms. The molecule has 1 aliphatic rings. The van der Waals surface area contributed by atoms with Crippen LogP contribution in [0, 0.1) is 0 Å². The number of hydrogen-bond donors (Lipinski definition) is 1. The van der Waals surface area contributed by atoms with E-state index in [1.165, 1.54) is 6.07 Å². The van der Waals surface area contributed by atoms with Gasteiger partial charge in [-0.25, -0.2) is 8.42 Å². The predicted octanol–water partition coefficient (Wildman–Crippen LogP) is 2.84. The lowest BCUT2D eigenvalue weighted by atomic mass is 10.2. The summed E-state index contributed by atoms with van der Waals surface area (Å²) >= 11 is 6.02. The van der Waals surface area contributed by atoms with Gasteiger partial charge in [0.25, 0.3) is 0 Å². The summed E-state index contributed by atoms with van der Waals surface area (Å²) in [5.74, 6) is 0.854. The molecule has 2 atom stereocenters. The molecular weight excluding hydrogens is 416 g/mol. The molecule has 2 aromatic rings. The van der Waals surface area contributed by atoms with Crippen molar-refractivity contribution in [1.29, 1.82) is 0 Å². The van der Waals surface area contributed by atoms with Gasteiger partial charge in [-0.2, -0.15) is 0 Å². The maximum absolute atomic E-state index is 12.9. The zero-order valence-corrected chi connectivity index (χ0v) is 17.7. The quantitative estimate of drug-likeness (QED) is 0.718. The van der Waals surface area contributed by atoms with Crippen molar-refractivity contribution in [3.8, 4) is 11.5 Å². The first-order chi connectivity index (χ1) is 13.8. The molecule has 1 N–H and O–H groups in total. The maximum atomic E-state index is 12.9. The molecule has 0 aliphatic carbocycles. The number of para-hydroxylation sites is 2. The lowest BCUT2D eigenvalue weighted by Gasteiger charge is -2.31. The van der Waals surface area contributed by atoms with Crippen LogP contribution in [-0.4, -0.2) is 45.9 Å². The standard InChI is InChI=1S/C20H23ClN2O5S/c1-3-17(23(29(2,25)26)15-8-6-7-14(21)11-15)20(24)22-12-16-13-27-18-9-4-5-10-19(18)28-16/h4-11,16-17H,3,12-13H2,1-2H3,(H,22,24)/t16-,17+/m1/s1. The van der Waals surface area contributed by atoms with Gasteiger partial charge in [-0.3, -0.25) is 9.10 Å². The SMILES string of the molecule is CC[C@@H](C(=O)NC[C@@H]1COc2ccccc2O1)N(c1cccc(Cl)c1)S(C)(=O)=O. The van der Waals surface area contributed by atoms with Crippen molar-refractivity contribution >= 4 is 33.2 Å². The van der Waals surface area contributed by atoms with Crippen molar-refractivity contribution in [2.75, 3.05) is 23.7 Å². The van der Waals surface area contributed by atoms with Gasteiger partial charge in [-0.15, -0.1) is 0 Å². The molecule has 0 saturated heterocycles. The summed E-state index contributed by atoms with van der Waals surface area (Å²) in [5, 5.41) is 3.17. The minimum Gasteiger partial charge on any atom is -0.486 e. The summed E-state index contributed by atoms with van der Waals surface area (Å²) in [6.07, 6.45) is 0.985. The highest BCUT2D eigenvalue weighted by molar-refractivity contribution is 7.92. The molecule has 9 heteroatoms. The molecule has 0 bridgehead atoms. The average Bonchev–Trinajstić information content (AvgIpc) is 2.69. The molecule has 0 unspecified atom stereocenters. The highest BCUT2D eigenvalue weighted by Crippen LogP contribution is 2.30. The van der Waals surface area contributed by atoms with Crippen LogP contribution in [0.25, 0.3) is 0 Å². The van der Waals surface area contributed by atoms with Gasteiger partial charge < -0.3 is 14.8 Å². The number of hydrogen-bond acceptors (Lipinski definition) is 5. The molecule has 156 valence electrons. The normalized spacial score (nSPS) is 16.7. The first kappa shape index (κ1) is 21.3. The van der Waals surface area contributed by atoms with Crippen LogP contribution in [0.1, 0.15) is 13.3 Å². The molecule has 1 heterocycles. The Labute approximate surface area is 175 Å². The van der Waals surface area contributed by atoms with E-state index in [2.05, 4.69) is 5.32 Å². The van der Waals surface area contributed by atoms with Crippen LogP contribution in [-0.2, 0) is 14.8 Å². The predicted molar refractivity (Wildman–Crippen MR) is 112 cm³/mol. The molecule has 1 aliphatic heterocycles. The Morgan fingerprint density at radius 1 is 1.24 bits per heavy atom. The van der Waals surface area contributed by atoms with Gasteiger partial charge >= 0.3 is 0 Å².